The maximum atomic E-state index is 13.0. The Balaban J connectivity index is 1.82. The summed E-state index contributed by atoms with van der Waals surface area (Å²) in [5, 5.41) is 1.82. The summed E-state index contributed by atoms with van der Waals surface area (Å²) in [6.45, 7) is 1.25. The Morgan fingerprint density at radius 2 is 1.71 bits per heavy atom. The molecule has 0 fully saturated rings. The van der Waals surface area contributed by atoms with E-state index in [9.17, 15) is 22.8 Å². The molecule has 2 amide bonds. The fourth-order valence-corrected chi connectivity index (χ4v) is 3.61. The number of hydrogen-bond donors (Lipinski definition) is 0. The molecule has 1 aromatic heterocycles. The van der Waals surface area contributed by atoms with E-state index in [4.69, 9.17) is 0 Å². The second kappa shape index (κ2) is 9.13. The number of likely N-dealkylation sites (N-methyl/N-ethyl adjacent to an activating group) is 1. The van der Waals surface area contributed by atoms with Crippen LogP contribution in [-0.2, 0) is 15.8 Å². The Morgan fingerprint density at radius 1 is 1.03 bits per heavy atom. The molecule has 0 saturated heterocycles. The molecule has 2 aromatic carbocycles. The Hall–Kier alpha value is -3.46. The van der Waals surface area contributed by atoms with Gasteiger partial charge in [-0.1, -0.05) is 24.3 Å². The Kier molecular flexibility index (Phi) is 6.55. The molecule has 0 aliphatic heterocycles. The number of carbonyl (C=O) groups excluding carboxylic acids is 2. The third-order valence-corrected chi connectivity index (χ3v) is 5.16. The van der Waals surface area contributed by atoms with Crippen LogP contribution in [0.25, 0.3) is 6.08 Å². The number of halogens is 3. The van der Waals surface area contributed by atoms with Crippen LogP contribution in [0.15, 0.2) is 66.1 Å². The van der Waals surface area contributed by atoms with Gasteiger partial charge < -0.3 is 4.90 Å². The monoisotopic (exact) mass is 445 g/mol. The molecule has 31 heavy (non-hydrogen) atoms. The zero-order chi connectivity index (χ0) is 22.6. The molecule has 0 saturated carbocycles. The fraction of sp³-hybridized carbons (Fsp3) is 0.136. The van der Waals surface area contributed by atoms with E-state index in [0.717, 1.165) is 34.1 Å². The highest BCUT2D eigenvalue weighted by Crippen LogP contribution is 2.35. The maximum absolute atomic E-state index is 13.0. The van der Waals surface area contributed by atoms with E-state index in [1.165, 1.54) is 36.1 Å². The number of rotatable bonds is 5. The molecular weight excluding hydrogens is 427 g/mol. The standard InChI is InChI=1S/C22H18F3N3O2S/c1-15(29)28(19-10-6-7-16(13-19)22(23,24)25)21-26-17(14-31-21)11-12-20(30)27(2)18-8-4-3-5-9-18/h3-14H,1-2H3/b12-11+. The van der Waals surface area contributed by atoms with Crippen LogP contribution in [-0.4, -0.2) is 23.8 Å². The van der Waals surface area contributed by atoms with E-state index in [0.29, 0.717) is 5.69 Å². The molecular formula is C22H18F3N3O2S. The lowest BCUT2D eigenvalue weighted by atomic mass is 10.2. The van der Waals surface area contributed by atoms with E-state index in [1.807, 2.05) is 18.2 Å². The molecule has 1 heterocycles. The number of anilines is 3. The van der Waals surface area contributed by atoms with Crippen molar-refractivity contribution in [3.05, 3.63) is 77.3 Å². The zero-order valence-corrected chi connectivity index (χ0v) is 17.4. The van der Waals surface area contributed by atoms with Gasteiger partial charge in [0.15, 0.2) is 5.13 Å². The number of carbonyl (C=O) groups is 2. The molecule has 3 rings (SSSR count). The number of hydrogen-bond acceptors (Lipinski definition) is 4. The lowest BCUT2D eigenvalue weighted by molar-refractivity contribution is -0.137. The van der Waals surface area contributed by atoms with Gasteiger partial charge in [0, 0.05) is 31.1 Å². The minimum atomic E-state index is -4.53. The van der Waals surface area contributed by atoms with Crippen LogP contribution in [0.1, 0.15) is 18.2 Å². The summed E-state index contributed by atoms with van der Waals surface area (Å²) in [4.78, 5) is 31.4. The SMILES string of the molecule is CC(=O)N(c1cccc(C(F)(F)F)c1)c1nc(/C=C/C(=O)N(C)c2ccccc2)cs1. The minimum absolute atomic E-state index is 0.0621. The van der Waals surface area contributed by atoms with Crippen LogP contribution in [0.2, 0.25) is 0 Å². The first kappa shape index (κ1) is 22.2. The van der Waals surface area contributed by atoms with Gasteiger partial charge >= 0.3 is 6.18 Å². The van der Waals surface area contributed by atoms with Gasteiger partial charge in [-0.15, -0.1) is 11.3 Å². The lowest BCUT2D eigenvalue weighted by Gasteiger charge is -2.19. The Labute approximate surface area is 181 Å². The first-order chi connectivity index (χ1) is 14.7. The van der Waals surface area contributed by atoms with Gasteiger partial charge in [0.2, 0.25) is 5.91 Å². The highest BCUT2D eigenvalue weighted by molar-refractivity contribution is 7.14. The van der Waals surface area contributed by atoms with E-state index in [-0.39, 0.29) is 16.7 Å². The van der Waals surface area contributed by atoms with Gasteiger partial charge in [-0.2, -0.15) is 13.2 Å². The molecule has 0 unspecified atom stereocenters. The van der Waals surface area contributed by atoms with Crippen LogP contribution in [0, 0.1) is 0 Å². The number of aromatic nitrogens is 1. The van der Waals surface area contributed by atoms with Gasteiger partial charge in [0.1, 0.15) is 0 Å². The highest BCUT2D eigenvalue weighted by Gasteiger charge is 2.31. The highest BCUT2D eigenvalue weighted by atomic mass is 32.1. The third-order valence-electron chi connectivity index (χ3n) is 4.32. The van der Waals surface area contributed by atoms with Crippen molar-refractivity contribution in [3.63, 3.8) is 0 Å². The lowest BCUT2D eigenvalue weighted by Crippen LogP contribution is -2.23. The van der Waals surface area contributed by atoms with Gasteiger partial charge in [0.05, 0.1) is 16.9 Å². The number of para-hydroxylation sites is 1. The summed E-state index contributed by atoms with van der Waals surface area (Å²) in [6.07, 6.45) is -1.69. The summed E-state index contributed by atoms with van der Waals surface area (Å²) in [5.41, 5.74) is 0.339. The number of thiazole rings is 1. The van der Waals surface area contributed by atoms with Crippen molar-refractivity contribution in [3.8, 4) is 0 Å². The summed E-state index contributed by atoms with van der Waals surface area (Å²) in [7, 11) is 1.64. The summed E-state index contributed by atoms with van der Waals surface area (Å²) < 4.78 is 39.1. The van der Waals surface area contributed by atoms with Gasteiger partial charge in [-0.3, -0.25) is 14.5 Å². The largest absolute Gasteiger partial charge is 0.416 e. The van der Waals surface area contributed by atoms with Crippen LogP contribution >= 0.6 is 11.3 Å². The van der Waals surface area contributed by atoms with Crippen molar-refractivity contribution in [1.82, 2.24) is 4.98 Å². The van der Waals surface area contributed by atoms with Gasteiger partial charge in [-0.25, -0.2) is 4.98 Å². The van der Waals surface area contributed by atoms with Crippen LogP contribution in [0.4, 0.5) is 29.7 Å². The van der Waals surface area contributed by atoms with Gasteiger partial charge in [0.25, 0.3) is 5.91 Å². The molecule has 0 radical (unpaired) electrons. The normalized spacial score (nSPS) is 11.5. The molecule has 3 aromatic rings. The number of amides is 2. The molecule has 0 atom stereocenters. The molecule has 0 N–H and O–H groups in total. The summed E-state index contributed by atoms with van der Waals surface area (Å²) in [5.74, 6) is -0.758. The second-order valence-corrected chi connectivity index (χ2v) is 7.36. The summed E-state index contributed by atoms with van der Waals surface area (Å²) >= 11 is 1.09. The average Bonchev–Trinajstić information content (AvgIpc) is 3.20. The average molecular weight is 445 g/mol. The van der Waals surface area contributed by atoms with Crippen molar-refractivity contribution in [2.24, 2.45) is 0 Å². The first-order valence-corrected chi connectivity index (χ1v) is 9.99. The Bertz CT molecular complexity index is 1110. The number of alkyl halides is 3. The van der Waals surface area contributed by atoms with Crippen LogP contribution in [0.5, 0.6) is 0 Å². The maximum Gasteiger partial charge on any atom is 0.416 e. The van der Waals surface area contributed by atoms with Crippen LogP contribution < -0.4 is 9.80 Å². The molecule has 0 bridgehead atoms. The minimum Gasteiger partial charge on any atom is -0.312 e. The number of benzene rings is 2. The molecule has 0 aliphatic carbocycles. The van der Waals surface area contributed by atoms with Crippen molar-refractivity contribution in [2.45, 2.75) is 13.1 Å². The second-order valence-electron chi connectivity index (χ2n) is 6.52. The van der Waals surface area contributed by atoms with Crippen LogP contribution in [0.3, 0.4) is 0 Å². The topological polar surface area (TPSA) is 53.5 Å². The quantitative estimate of drug-likeness (QED) is 0.486. The van der Waals surface area contributed by atoms with Crippen molar-refractivity contribution >= 4 is 45.7 Å². The molecule has 160 valence electrons. The Morgan fingerprint density at radius 3 is 2.35 bits per heavy atom. The zero-order valence-electron chi connectivity index (χ0n) is 16.6. The predicted molar refractivity (Wildman–Crippen MR) is 115 cm³/mol. The third kappa shape index (κ3) is 5.37. The fourth-order valence-electron chi connectivity index (χ4n) is 2.75. The molecule has 0 aliphatic rings. The molecule has 0 spiro atoms. The van der Waals surface area contributed by atoms with E-state index < -0.39 is 17.6 Å². The number of nitrogens with zero attached hydrogens (tertiary/aromatic N) is 3. The molecule has 9 heteroatoms. The van der Waals surface area contributed by atoms with E-state index in [2.05, 4.69) is 4.98 Å². The van der Waals surface area contributed by atoms with Gasteiger partial charge in [-0.05, 0) is 36.4 Å². The smallest absolute Gasteiger partial charge is 0.312 e. The predicted octanol–water partition coefficient (Wildman–Crippen LogP) is 5.52. The van der Waals surface area contributed by atoms with Crippen molar-refractivity contribution < 1.29 is 22.8 Å². The van der Waals surface area contributed by atoms with E-state index >= 15 is 0 Å². The van der Waals surface area contributed by atoms with Crippen molar-refractivity contribution in [1.29, 1.82) is 0 Å². The van der Waals surface area contributed by atoms with E-state index in [1.54, 1.807) is 24.6 Å². The summed E-state index contributed by atoms with van der Waals surface area (Å²) in [6, 6.07) is 13.6. The molecule has 5 nitrogen and oxygen atoms in total. The first-order valence-electron chi connectivity index (χ1n) is 9.11. The van der Waals surface area contributed by atoms with Crippen molar-refractivity contribution in [2.75, 3.05) is 16.8 Å².